The number of nitrogens with zero attached hydrogens (tertiary/aromatic N) is 1. The van der Waals surface area contributed by atoms with Crippen LogP contribution < -0.4 is 5.32 Å². The predicted octanol–water partition coefficient (Wildman–Crippen LogP) is 1.63. The molecule has 0 aromatic carbocycles. The number of piperidine rings is 1. The van der Waals surface area contributed by atoms with Crippen molar-refractivity contribution in [2.45, 2.75) is 50.7 Å². The zero-order chi connectivity index (χ0) is 11.2. The molecule has 0 unspecified atom stereocenters. The molecule has 2 aliphatic rings. The summed E-state index contributed by atoms with van der Waals surface area (Å²) >= 11 is 0. The van der Waals surface area contributed by atoms with Crippen LogP contribution in [0.3, 0.4) is 0 Å². The van der Waals surface area contributed by atoms with Crippen molar-refractivity contribution in [1.29, 1.82) is 0 Å². The number of hydrogen-bond acceptors (Lipinski definition) is 3. The summed E-state index contributed by atoms with van der Waals surface area (Å²) in [7, 11) is 2.07. The zero-order valence-corrected chi connectivity index (χ0v) is 10.6. The van der Waals surface area contributed by atoms with Crippen molar-refractivity contribution >= 4 is 0 Å². The van der Waals surface area contributed by atoms with Crippen molar-refractivity contribution in [2.24, 2.45) is 0 Å². The average molecular weight is 226 g/mol. The molecule has 0 radical (unpaired) electrons. The summed E-state index contributed by atoms with van der Waals surface area (Å²) in [5.74, 6) is 0. The van der Waals surface area contributed by atoms with Gasteiger partial charge in [0.25, 0.3) is 0 Å². The van der Waals surface area contributed by atoms with Crippen molar-refractivity contribution in [2.75, 3.05) is 33.3 Å². The summed E-state index contributed by atoms with van der Waals surface area (Å²) in [6.45, 7) is 4.54. The topological polar surface area (TPSA) is 24.5 Å². The standard InChI is InChI=1S/C13H26N2O/c1-14-12-6-8-15(9-7-12)10-11-16-13-4-2-3-5-13/h12-14H,2-11H2,1H3. The minimum absolute atomic E-state index is 0.579. The molecular formula is C13H26N2O. The Morgan fingerprint density at radius 2 is 1.81 bits per heavy atom. The summed E-state index contributed by atoms with van der Waals surface area (Å²) < 4.78 is 5.90. The number of rotatable bonds is 5. The summed E-state index contributed by atoms with van der Waals surface area (Å²) in [6, 6.07) is 0.743. The first kappa shape index (κ1) is 12.3. The Hall–Kier alpha value is -0.120. The van der Waals surface area contributed by atoms with Gasteiger partial charge in [0.05, 0.1) is 12.7 Å². The maximum atomic E-state index is 5.90. The summed E-state index contributed by atoms with van der Waals surface area (Å²) in [4.78, 5) is 2.54. The fraction of sp³-hybridized carbons (Fsp3) is 1.00. The van der Waals surface area contributed by atoms with Crippen LogP contribution in [-0.4, -0.2) is 50.3 Å². The average Bonchev–Trinajstić information content (AvgIpc) is 2.83. The molecule has 0 bridgehead atoms. The van der Waals surface area contributed by atoms with E-state index in [4.69, 9.17) is 4.74 Å². The molecule has 0 amide bonds. The van der Waals surface area contributed by atoms with E-state index < -0.39 is 0 Å². The second-order valence-electron chi connectivity index (χ2n) is 5.18. The van der Waals surface area contributed by atoms with Gasteiger partial charge in [-0.1, -0.05) is 12.8 Å². The van der Waals surface area contributed by atoms with E-state index in [9.17, 15) is 0 Å². The van der Waals surface area contributed by atoms with Gasteiger partial charge in [-0.3, -0.25) is 0 Å². The first-order valence-electron chi connectivity index (χ1n) is 6.89. The van der Waals surface area contributed by atoms with Crippen LogP contribution in [0.2, 0.25) is 0 Å². The van der Waals surface area contributed by atoms with E-state index in [0.717, 1.165) is 19.2 Å². The minimum Gasteiger partial charge on any atom is -0.377 e. The van der Waals surface area contributed by atoms with E-state index in [1.54, 1.807) is 0 Å². The second-order valence-corrected chi connectivity index (χ2v) is 5.18. The lowest BCUT2D eigenvalue weighted by molar-refractivity contribution is 0.0371. The Bertz CT molecular complexity index is 184. The van der Waals surface area contributed by atoms with Crippen LogP contribution in [0.15, 0.2) is 0 Å². The maximum absolute atomic E-state index is 5.90. The normalized spacial score (nSPS) is 25.3. The Morgan fingerprint density at radius 1 is 1.12 bits per heavy atom. The third kappa shape index (κ3) is 3.72. The molecule has 2 fully saturated rings. The van der Waals surface area contributed by atoms with E-state index in [1.807, 2.05) is 0 Å². The summed E-state index contributed by atoms with van der Waals surface area (Å²) in [5, 5.41) is 3.37. The van der Waals surface area contributed by atoms with Gasteiger partial charge in [0, 0.05) is 12.6 Å². The number of ether oxygens (including phenoxy) is 1. The molecule has 94 valence electrons. The molecule has 3 nitrogen and oxygen atoms in total. The monoisotopic (exact) mass is 226 g/mol. The molecule has 1 aliphatic heterocycles. The van der Waals surface area contributed by atoms with Crippen LogP contribution in [0.25, 0.3) is 0 Å². The third-order valence-electron chi connectivity index (χ3n) is 4.06. The lowest BCUT2D eigenvalue weighted by Gasteiger charge is -2.31. The van der Waals surface area contributed by atoms with Gasteiger partial charge >= 0.3 is 0 Å². The molecule has 1 saturated carbocycles. The maximum Gasteiger partial charge on any atom is 0.0597 e. The van der Waals surface area contributed by atoms with Crippen LogP contribution in [-0.2, 0) is 4.74 Å². The molecular weight excluding hydrogens is 200 g/mol. The predicted molar refractivity (Wildman–Crippen MR) is 66.7 cm³/mol. The van der Waals surface area contributed by atoms with Gasteiger partial charge in [0.1, 0.15) is 0 Å². The fourth-order valence-electron chi connectivity index (χ4n) is 2.85. The molecule has 2 rings (SSSR count). The fourth-order valence-corrected chi connectivity index (χ4v) is 2.85. The van der Waals surface area contributed by atoms with Crippen molar-refractivity contribution in [1.82, 2.24) is 10.2 Å². The van der Waals surface area contributed by atoms with E-state index in [2.05, 4.69) is 17.3 Å². The third-order valence-corrected chi connectivity index (χ3v) is 4.06. The minimum atomic E-state index is 0.579. The van der Waals surface area contributed by atoms with Crippen LogP contribution in [0.1, 0.15) is 38.5 Å². The highest BCUT2D eigenvalue weighted by Crippen LogP contribution is 2.20. The smallest absolute Gasteiger partial charge is 0.0597 e. The first-order valence-corrected chi connectivity index (χ1v) is 6.89. The molecule has 3 heteroatoms. The highest BCUT2D eigenvalue weighted by molar-refractivity contribution is 4.76. The van der Waals surface area contributed by atoms with Crippen LogP contribution in [0.4, 0.5) is 0 Å². The molecule has 0 aromatic rings. The number of likely N-dealkylation sites (tertiary alicyclic amines) is 1. The van der Waals surface area contributed by atoms with E-state index in [1.165, 1.54) is 51.6 Å². The van der Waals surface area contributed by atoms with Crippen molar-refractivity contribution in [3.63, 3.8) is 0 Å². The van der Waals surface area contributed by atoms with Crippen molar-refractivity contribution in [3.05, 3.63) is 0 Å². The molecule has 1 N–H and O–H groups in total. The Balaban J connectivity index is 1.53. The van der Waals surface area contributed by atoms with Gasteiger partial charge in [0.15, 0.2) is 0 Å². The Kier molecular flexibility index (Phi) is 5.07. The second kappa shape index (κ2) is 6.58. The summed E-state index contributed by atoms with van der Waals surface area (Å²) in [5.41, 5.74) is 0. The van der Waals surface area contributed by atoms with E-state index in [-0.39, 0.29) is 0 Å². The van der Waals surface area contributed by atoms with Crippen molar-refractivity contribution in [3.8, 4) is 0 Å². The lowest BCUT2D eigenvalue weighted by atomic mass is 10.1. The van der Waals surface area contributed by atoms with E-state index >= 15 is 0 Å². The molecule has 0 spiro atoms. The highest BCUT2D eigenvalue weighted by Gasteiger charge is 2.18. The van der Waals surface area contributed by atoms with E-state index in [0.29, 0.717) is 6.10 Å². The number of nitrogens with one attached hydrogen (secondary N) is 1. The van der Waals surface area contributed by atoms with Gasteiger partial charge in [-0.2, -0.15) is 0 Å². The first-order chi connectivity index (χ1) is 7.88. The highest BCUT2D eigenvalue weighted by atomic mass is 16.5. The molecule has 0 aromatic heterocycles. The quantitative estimate of drug-likeness (QED) is 0.771. The molecule has 16 heavy (non-hydrogen) atoms. The van der Waals surface area contributed by atoms with Gasteiger partial charge < -0.3 is 15.0 Å². The molecule has 1 saturated heterocycles. The lowest BCUT2D eigenvalue weighted by Crippen LogP contribution is -2.42. The largest absolute Gasteiger partial charge is 0.377 e. The Morgan fingerprint density at radius 3 is 2.44 bits per heavy atom. The van der Waals surface area contributed by atoms with Crippen LogP contribution in [0.5, 0.6) is 0 Å². The molecule has 1 heterocycles. The number of hydrogen-bond donors (Lipinski definition) is 1. The van der Waals surface area contributed by atoms with Crippen LogP contribution >= 0.6 is 0 Å². The van der Waals surface area contributed by atoms with Crippen molar-refractivity contribution < 1.29 is 4.74 Å². The van der Waals surface area contributed by atoms with Gasteiger partial charge in [0.2, 0.25) is 0 Å². The van der Waals surface area contributed by atoms with Gasteiger partial charge in [-0.25, -0.2) is 0 Å². The Labute approximate surface area is 99.5 Å². The summed E-state index contributed by atoms with van der Waals surface area (Å²) in [6.07, 6.45) is 8.50. The SMILES string of the molecule is CNC1CCN(CCOC2CCCC2)CC1. The van der Waals surface area contributed by atoms with Crippen LogP contribution in [0, 0.1) is 0 Å². The molecule has 1 aliphatic carbocycles. The van der Waals surface area contributed by atoms with Gasteiger partial charge in [-0.15, -0.1) is 0 Å². The van der Waals surface area contributed by atoms with Gasteiger partial charge in [-0.05, 0) is 45.8 Å². The molecule has 0 atom stereocenters. The zero-order valence-electron chi connectivity index (χ0n) is 10.6.